The van der Waals surface area contributed by atoms with Crippen LogP contribution in [0.25, 0.3) is 0 Å². The zero-order valence-corrected chi connectivity index (χ0v) is 15.8. The van der Waals surface area contributed by atoms with Crippen molar-refractivity contribution in [3.05, 3.63) is 51.5 Å². The van der Waals surface area contributed by atoms with Gasteiger partial charge in [-0.05, 0) is 30.5 Å². The van der Waals surface area contributed by atoms with Crippen molar-refractivity contribution in [2.24, 2.45) is 0 Å². The molecule has 1 aliphatic rings. The Morgan fingerprint density at radius 3 is 2.62 bits per heavy atom. The molecule has 0 radical (unpaired) electrons. The first-order valence-electron chi connectivity index (χ1n) is 8.62. The second-order valence-electron chi connectivity index (χ2n) is 6.76. The predicted octanol–water partition coefficient (Wildman–Crippen LogP) is 4.12. The van der Waals surface area contributed by atoms with Crippen molar-refractivity contribution in [2.75, 3.05) is 5.75 Å². The fourth-order valence-corrected chi connectivity index (χ4v) is 5.75. The normalized spacial score (nSPS) is 17.3. The lowest BCUT2D eigenvalue weighted by atomic mass is 9.90. The number of halogens is 2. The van der Waals surface area contributed by atoms with Crippen LogP contribution in [0.5, 0.6) is 0 Å². The summed E-state index contributed by atoms with van der Waals surface area (Å²) in [6, 6.07) is 2.87. The van der Waals surface area contributed by atoms with Gasteiger partial charge in [-0.25, -0.2) is 22.2 Å². The van der Waals surface area contributed by atoms with Crippen LogP contribution in [-0.4, -0.2) is 24.3 Å². The van der Waals surface area contributed by atoms with E-state index in [4.69, 9.17) is 0 Å². The monoisotopic (exact) mass is 401 g/mol. The van der Waals surface area contributed by atoms with Gasteiger partial charge in [0.2, 0.25) is 0 Å². The molecule has 1 saturated carbocycles. The molecule has 0 aliphatic heterocycles. The first-order valence-corrected chi connectivity index (χ1v) is 11.3. The second-order valence-corrected chi connectivity index (χ2v) is 9.75. The van der Waals surface area contributed by atoms with Gasteiger partial charge in [0.1, 0.15) is 0 Å². The first kappa shape index (κ1) is 19.4. The molecule has 0 amide bonds. The molecule has 0 spiro atoms. The summed E-state index contributed by atoms with van der Waals surface area (Å²) in [5, 5.41) is 12.8. The lowest BCUT2D eigenvalue weighted by Gasteiger charge is -2.18. The van der Waals surface area contributed by atoms with Gasteiger partial charge in [0.15, 0.2) is 21.5 Å². The molecule has 1 aromatic heterocycles. The van der Waals surface area contributed by atoms with Gasteiger partial charge in [0, 0.05) is 11.3 Å². The van der Waals surface area contributed by atoms with Gasteiger partial charge < -0.3 is 5.11 Å². The molecule has 1 aliphatic carbocycles. The Balaban J connectivity index is 1.65. The van der Waals surface area contributed by atoms with Crippen molar-refractivity contribution < 1.29 is 22.3 Å². The topological polar surface area (TPSA) is 67.3 Å². The fourth-order valence-electron chi connectivity index (χ4n) is 3.27. The van der Waals surface area contributed by atoms with Gasteiger partial charge in [-0.2, -0.15) is 0 Å². The Kier molecular flexibility index (Phi) is 6.04. The van der Waals surface area contributed by atoms with E-state index >= 15 is 0 Å². The van der Waals surface area contributed by atoms with E-state index in [1.54, 1.807) is 5.38 Å². The SMILES string of the molecule is O=S(=O)(Cc1csc(C2CCCCC2)n1)C[C@@H](O)c1ccc(F)c(F)c1. The molecule has 0 unspecified atom stereocenters. The third-order valence-corrected chi connectivity index (χ3v) is 7.25. The number of aliphatic hydroxyl groups is 1. The Morgan fingerprint density at radius 2 is 1.92 bits per heavy atom. The summed E-state index contributed by atoms with van der Waals surface area (Å²) in [4.78, 5) is 4.47. The highest BCUT2D eigenvalue weighted by atomic mass is 32.2. The smallest absolute Gasteiger partial charge is 0.159 e. The summed E-state index contributed by atoms with van der Waals surface area (Å²) in [7, 11) is -3.64. The Morgan fingerprint density at radius 1 is 1.19 bits per heavy atom. The van der Waals surface area contributed by atoms with Crippen molar-refractivity contribution in [1.29, 1.82) is 0 Å². The molecule has 3 rings (SSSR count). The van der Waals surface area contributed by atoms with Crippen LogP contribution < -0.4 is 0 Å². The van der Waals surface area contributed by atoms with Crippen LogP contribution in [0.1, 0.15) is 60.4 Å². The minimum Gasteiger partial charge on any atom is -0.387 e. The van der Waals surface area contributed by atoms with Crippen molar-refractivity contribution in [3.63, 3.8) is 0 Å². The number of nitrogens with zero attached hydrogens (tertiary/aromatic N) is 1. The second kappa shape index (κ2) is 8.10. The van der Waals surface area contributed by atoms with Gasteiger partial charge in [-0.15, -0.1) is 11.3 Å². The molecule has 26 heavy (non-hydrogen) atoms. The molecule has 4 nitrogen and oxygen atoms in total. The fraction of sp³-hybridized carbons (Fsp3) is 0.500. The largest absolute Gasteiger partial charge is 0.387 e. The lowest BCUT2D eigenvalue weighted by Crippen LogP contribution is -2.17. The highest BCUT2D eigenvalue weighted by Crippen LogP contribution is 2.34. The summed E-state index contributed by atoms with van der Waals surface area (Å²) in [6.07, 6.45) is 4.37. The summed E-state index contributed by atoms with van der Waals surface area (Å²) in [6.45, 7) is 0. The van der Waals surface area contributed by atoms with Crippen LogP contribution >= 0.6 is 11.3 Å². The van der Waals surface area contributed by atoms with Crippen molar-refractivity contribution >= 4 is 21.2 Å². The van der Waals surface area contributed by atoms with Crippen LogP contribution in [0, 0.1) is 11.6 Å². The van der Waals surface area contributed by atoms with Crippen molar-refractivity contribution in [1.82, 2.24) is 4.98 Å². The number of hydrogen-bond donors (Lipinski definition) is 1. The highest BCUT2D eigenvalue weighted by molar-refractivity contribution is 7.90. The molecule has 1 N–H and O–H groups in total. The third-order valence-electron chi connectivity index (χ3n) is 4.63. The van der Waals surface area contributed by atoms with Crippen LogP contribution in [0.4, 0.5) is 8.78 Å². The van der Waals surface area contributed by atoms with E-state index in [1.165, 1.54) is 36.7 Å². The van der Waals surface area contributed by atoms with Gasteiger partial charge in [-0.3, -0.25) is 0 Å². The first-order chi connectivity index (χ1) is 12.3. The minimum atomic E-state index is -3.64. The summed E-state index contributed by atoms with van der Waals surface area (Å²) >= 11 is 1.49. The molecule has 2 aromatic rings. The molecule has 1 fully saturated rings. The molecular weight excluding hydrogens is 380 g/mol. The molecule has 8 heteroatoms. The van der Waals surface area contributed by atoms with Gasteiger partial charge in [0.05, 0.1) is 28.3 Å². The predicted molar refractivity (Wildman–Crippen MR) is 96.7 cm³/mol. The standard InChI is InChI=1S/C18H21F2NO3S2/c19-15-7-6-13(8-16(15)20)17(22)11-26(23,24)10-14-9-25-18(21-14)12-4-2-1-3-5-12/h6-9,12,17,22H,1-5,10-11H2/t17-/m1/s1. The Hall–Kier alpha value is -1.38. The molecular formula is C18H21F2NO3S2. The van der Waals surface area contributed by atoms with Crippen LogP contribution in [0.15, 0.2) is 23.6 Å². The van der Waals surface area contributed by atoms with Crippen molar-refractivity contribution in [3.8, 4) is 0 Å². The number of hydrogen-bond acceptors (Lipinski definition) is 5. The molecule has 1 atom stereocenters. The molecule has 1 heterocycles. The maximum atomic E-state index is 13.3. The number of aliphatic hydroxyl groups excluding tert-OH is 1. The zero-order valence-electron chi connectivity index (χ0n) is 14.2. The third kappa shape index (κ3) is 4.86. The maximum absolute atomic E-state index is 13.3. The van der Waals surface area contributed by atoms with Gasteiger partial charge in [-0.1, -0.05) is 25.3 Å². The summed E-state index contributed by atoms with van der Waals surface area (Å²) in [5.41, 5.74) is 0.515. The number of benzene rings is 1. The van der Waals surface area contributed by atoms with E-state index in [2.05, 4.69) is 4.98 Å². The zero-order chi connectivity index (χ0) is 18.7. The lowest BCUT2D eigenvalue weighted by molar-refractivity contribution is 0.201. The van der Waals surface area contributed by atoms with Gasteiger partial charge >= 0.3 is 0 Å². The molecule has 142 valence electrons. The summed E-state index contributed by atoms with van der Waals surface area (Å²) in [5.74, 6) is -2.57. The number of thiazole rings is 1. The van der Waals surface area contributed by atoms with E-state index in [0.717, 1.165) is 30.0 Å². The number of aromatic nitrogens is 1. The summed E-state index contributed by atoms with van der Waals surface area (Å²) < 4.78 is 50.9. The number of sulfone groups is 1. The van der Waals surface area contributed by atoms with Crippen molar-refractivity contribution in [2.45, 2.75) is 49.9 Å². The average molecular weight is 402 g/mol. The van der Waals surface area contributed by atoms with Gasteiger partial charge in [0.25, 0.3) is 0 Å². The minimum absolute atomic E-state index is 0.0358. The van der Waals surface area contributed by atoms with E-state index in [-0.39, 0.29) is 11.3 Å². The highest BCUT2D eigenvalue weighted by Gasteiger charge is 2.23. The molecule has 0 bridgehead atoms. The van der Waals surface area contributed by atoms with E-state index in [1.807, 2.05) is 0 Å². The Bertz CT molecular complexity index is 861. The van der Waals surface area contributed by atoms with E-state index in [0.29, 0.717) is 11.6 Å². The van der Waals surface area contributed by atoms with Crippen LogP contribution in [-0.2, 0) is 15.6 Å². The van der Waals surface area contributed by atoms with E-state index in [9.17, 15) is 22.3 Å². The molecule has 0 saturated heterocycles. The quantitative estimate of drug-likeness (QED) is 0.791. The maximum Gasteiger partial charge on any atom is 0.159 e. The van der Waals surface area contributed by atoms with E-state index < -0.39 is 33.3 Å². The average Bonchev–Trinajstić information content (AvgIpc) is 3.05. The van der Waals surface area contributed by atoms with Crippen LogP contribution in [0.2, 0.25) is 0 Å². The Labute approximate surface area is 155 Å². The van der Waals surface area contributed by atoms with Crippen LogP contribution in [0.3, 0.4) is 0 Å². The number of rotatable bonds is 6. The molecule has 1 aromatic carbocycles.